The van der Waals surface area contributed by atoms with E-state index < -0.39 is 15.3 Å². The Morgan fingerprint density at radius 3 is 3.00 bits per heavy atom. The van der Waals surface area contributed by atoms with Gasteiger partial charge in [0.2, 0.25) is 21.8 Å². The van der Waals surface area contributed by atoms with Crippen molar-refractivity contribution in [3.63, 3.8) is 0 Å². The number of nitrogens with one attached hydrogen (secondary N) is 2. The van der Waals surface area contributed by atoms with Crippen LogP contribution in [-0.4, -0.2) is 30.4 Å². The predicted octanol–water partition coefficient (Wildman–Crippen LogP) is 1.35. The first-order valence-electron chi connectivity index (χ1n) is 7.59. The van der Waals surface area contributed by atoms with Gasteiger partial charge in [-0.3, -0.25) is 4.72 Å². The van der Waals surface area contributed by atoms with Crippen LogP contribution in [0.25, 0.3) is 0 Å². The molecule has 2 heterocycles. The number of hydrogen-bond donors (Lipinski definition) is 2. The molecule has 3 rings (SSSR count). The quantitative estimate of drug-likeness (QED) is 0.837. The molecular formula is C15H17N5O3S. The molecule has 1 aromatic heterocycles. The van der Waals surface area contributed by atoms with Gasteiger partial charge in [-0.05, 0) is 24.6 Å². The number of aryl methyl sites for hydroxylation is 1. The van der Waals surface area contributed by atoms with Crippen LogP contribution in [0.15, 0.2) is 28.7 Å². The van der Waals surface area contributed by atoms with Gasteiger partial charge in [-0.2, -0.15) is 5.26 Å². The average Bonchev–Trinajstić information content (AvgIpc) is 3.23. The van der Waals surface area contributed by atoms with Crippen LogP contribution in [0.4, 0.5) is 5.69 Å². The Bertz CT molecular complexity index is 871. The first-order chi connectivity index (χ1) is 11.5. The summed E-state index contributed by atoms with van der Waals surface area (Å²) in [6, 6.07) is 8.08. The van der Waals surface area contributed by atoms with Crippen LogP contribution in [0.5, 0.6) is 0 Å². The number of nitrogens with zero attached hydrogens (tertiary/aromatic N) is 3. The molecule has 1 aromatic carbocycles. The van der Waals surface area contributed by atoms with Crippen molar-refractivity contribution >= 4 is 15.7 Å². The lowest BCUT2D eigenvalue weighted by Gasteiger charge is -2.13. The third kappa shape index (κ3) is 3.39. The maximum absolute atomic E-state index is 12.5. The van der Waals surface area contributed by atoms with E-state index in [1.807, 2.05) is 13.0 Å². The highest BCUT2D eigenvalue weighted by Gasteiger charge is 2.37. The Morgan fingerprint density at radius 2 is 2.29 bits per heavy atom. The SMILES string of the molecule is CCc1nnc(C2CC(S(=O)(=O)Nc3cccc(C#N)c3)CN2)o1. The van der Waals surface area contributed by atoms with Crippen molar-refractivity contribution in [3.8, 4) is 6.07 Å². The van der Waals surface area contributed by atoms with E-state index in [9.17, 15) is 8.42 Å². The van der Waals surface area contributed by atoms with Gasteiger partial charge in [0.25, 0.3) is 0 Å². The molecule has 24 heavy (non-hydrogen) atoms. The second kappa shape index (κ2) is 6.59. The van der Waals surface area contributed by atoms with Crippen LogP contribution in [0.1, 0.15) is 36.7 Å². The summed E-state index contributed by atoms with van der Waals surface area (Å²) >= 11 is 0. The lowest BCUT2D eigenvalue weighted by Crippen LogP contribution is -2.29. The fraction of sp³-hybridized carbons (Fsp3) is 0.400. The fourth-order valence-corrected chi connectivity index (χ4v) is 3.96. The molecule has 0 aliphatic carbocycles. The molecule has 0 bridgehead atoms. The molecule has 0 spiro atoms. The van der Waals surface area contributed by atoms with Gasteiger partial charge >= 0.3 is 0 Å². The Labute approximate surface area is 139 Å². The van der Waals surface area contributed by atoms with Crippen molar-refractivity contribution in [2.24, 2.45) is 0 Å². The number of anilines is 1. The third-order valence-electron chi connectivity index (χ3n) is 3.86. The minimum absolute atomic E-state index is 0.273. The van der Waals surface area contributed by atoms with Gasteiger partial charge in [-0.25, -0.2) is 8.42 Å². The molecular weight excluding hydrogens is 330 g/mol. The van der Waals surface area contributed by atoms with E-state index in [2.05, 4.69) is 20.2 Å². The fourth-order valence-electron chi connectivity index (χ4n) is 2.58. The first kappa shape index (κ1) is 16.4. The summed E-state index contributed by atoms with van der Waals surface area (Å²) in [4.78, 5) is 0. The van der Waals surface area contributed by atoms with Crippen LogP contribution in [-0.2, 0) is 16.4 Å². The van der Waals surface area contributed by atoms with Crippen LogP contribution in [0.3, 0.4) is 0 Å². The molecule has 0 saturated carbocycles. The molecule has 0 radical (unpaired) electrons. The average molecular weight is 347 g/mol. The molecule has 0 amide bonds. The molecule has 1 saturated heterocycles. The van der Waals surface area contributed by atoms with E-state index in [0.717, 1.165) is 0 Å². The second-order valence-corrected chi connectivity index (χ2v) is 7.51. The maximum Gasteiger partial charge on any atom is 0.236 e. The van der Waals surface area contributed by atoms with Gasteiger partial charge in [0, 0.05) is 18.7 Å². The number of benzene rings is 1. The highest BCUT2D eigenvalue weighted by Crippen LogP contribution is 2.27. The molecule has 1 aliphatic rings. The minimum Gasteiger partial charge on any atom is -0.424 e. The summed E-state index contributed by atoms with van der Waals surface area (Å²) in [7, 11) is -3.59. The molecule has 9 heteroatoms. The number of aromatic nitrogens is 2. The van der Waals surface area contributed by atoms with Crippen LogP contribution < -0.4 is 10.0 Å². The number of sulfonamides is 1. The summed E-state index contributed by atoms with van der Waals surface area (Å²) in [5.74, 6) is 0.945. The number of hydrogen-bond acceptors (Lipinski definition) is 7. The smallest absolute Gasteiger partial charge is 0.236 e. The molecule has 126 valence electrons. The monoisotopic (exact) mass is 347 g/mol. The van der Waals surface area contributed by atoms with Gasteiger partial charge in [0.15, 0.2) is 0 Å². The zero-order valence-corrected chi connectivity index (χ0v) is 13.9. The van der Waals surface area contributed by atoms with Gasteiger partial charge in [-0.1, -0.05) is 13.0 Å². The highest BCUT2D eigenvalue weighted by atomic mass is 32.2. The molecule has 1 aliphatic heterocycles. The summed E-state index contributed by atoms with van der Waals surface area (Å²) in [5.41, 5.74) is 0.777. The molecule has 2 unspecified atom stereocenters. The summed E-state index contributed by atoms with van der Waals surface area (Å²) in [5, 5.41) is 19.2. The molecule has 8 nitrogen and oxygen atoms in total. The van der Waals surface area contributed by atoms with Crippen molar-refractivity contribution in [1.29, 1.82) is 5.26 Å². The lowest BCUT2D eigenvalue weighted by molar-refractivity contribution is 0.405. The van der Waals surface area contributed by atoms with Gasteiger partial charge in [-0.15, -0.1) is 10.2 Å². The van der Waals surface area contributed by atoms with E-state index >= 15 is 0 Å². The van der Waals surface area contributed by atoms with Crippen molar-refractivity contribution in [2.45, 2.75) is 31.1 Å². The summed E-state index contributed by atoms with van der Waals surface area (Å²) in [6.45, 7) is 2.20. The van der Waals surface area contributed by atoms with Gasteiger partial charge in [0.05, 0.1) is 22.9 Å². The van der Waals surface area contributed by atoms with Gasteiger partial charge < -0.3 is 9.73 Å². The second-order valence-electron chi connectivity index (χ2n) is 5.55. The Hall–Kier alpha value is -2.44. The first-order valence-corrected chi connectivity index (χ1v) is 9.14. The van der Waals surface area contributed by atoms with Crippen molar-refractivity contribution in [1.82, 2.24) is 15.5 Å². The Balaban J connectivity index is 1.70. The Morgan fingerprint density at radius 1 is 1.46 bits per heavy atom. The number of rotatable bonds is 5. The third-order valence-corrected chi connectivity index (χ3v) is 5.62. The topological polar surface area (TPSA) is 121 Å². The highest BCUT2D eigenvalue weighted by molar-refractivity contribution is 7.93. The Kier molecular flexibility index (Phi) is 4.51. The summed E-state index contributed by atoms with van der Waals surface area (Å²) < 4.78 is 33.1. The molecule has 2 atom stereocenters. The standard InChI is InChI=1S/C15H17N5O3S/c1-2-14-18-19-15(23-14)13-7-12(9-17-13)24(21,22)20-11-5-3-4-10(6-11)8-16/h3-6,12-13,17,20H,2,7,9H2,1H3. The number of nitriles is 1. The predicted molar refractivity (Wildman–Crippen MR) is 86.5 cm³/mol. The normalized spacial score (nSPS) is 20.7. The van der Waals surface area contributed by atoms with E-state index in [0.29, 0.717) is 42.4 Å². The van der Waals surface area contributed by atoms with Crippen LogP contribution in [0, 0.1) is 11.3 Å². The molecule has 1 fully saturated rings. The molecule has 2 N–H and O–H groups in total. The zero-order chi connectivity index (χ0) is 17.2. The summed E-state index contributed by atoms with van der Waals surface area (Å²) in [6.07, 6.45) is 0.983. The lowest BCUT2D eigenvalue weighted by atomic mass is 10.2. The van der Waals surface area contributed by atoms with E-state index in [1.54, 1.807) is 18.2 Å². The van der Waals surface area contributed by atoms with E-state index in [4.69, 9.17) is 9.68 Å². The van der Waals surface area contributed by atoms with E-state index in [1.165, 1.54) is 6.07 Å². The van der Waals surface area contributed by atoms with Crippen molar-refractivity contribution in [2.75, 3.05) is 11.3 Å². The van der Waals surface area contributed by atoms with Gasteiger partial charge in [0.1, 0.15) is 0 Å². The van der Waals surface area contributed by atoms with Crippen LogP contribution >= 0.6 is 0 Å². The minimum atomic E-state index is -3.59. The maximum atomic E-state index is 12.5. The largest absolute Gasteiger partial charge is 0.424 e. The van der Waals surface area contributed by atoms with Crippen LogP contribution in [0.2, 0.25) is 0 Å². The van der Waals surface area contributed by atoms with Crippen molar-refractivity contribution < 1.29 is 12.8 Å². The van der Waals surface area contributed by atoms with E-state index in [-0.39, 0.29) is 6.04 Å². The molecule has 2 aromatic rings. The zero-order valence-electron chi connectivity index (χ0n) is 13.1. The van der Waals surface area contributed by atoms with Crippen molar-refractivity contribution in [3.05, 3.63) is 41.6 Å².